The fraction of sp³-hybridized carbons (Fsp3) is 0.143. The second kappa shape index (κ2) is 6.89. The first-order valence-corrected chi connectivity index (χ1v) is 10.7. The molecule has 0 aliphatic carbocycles. The molecule has 1 amide bonds. The number of benzene rings is 1. The Morgan fingerprint density at radius 2 is 1.93 bits per heavy atom. The normalized spacial score (nSPS) is 16.8. The van der Waals surface area contributed by atoms with Gasteiger partial charge in [-0.3, -0.25) is 14.5 Å². The third kappa shape index (κ3) is 2.78. The molecule has 30 heavy (non-hydrogen) atoms. The van der Waals surface area contributed by atoms with Gasteiger partial charge in [0.25, 0.3) is 5.91 Å². The van der Waals surface area contributed by atoms with Crippen molar-refractivity contribution in [2.75, 3.05) is 4.90 Å². The molecule has 0 saturated carbocycles. The van der Waals surface area contributed by atoms with Crippen LogP contribution in [0.2, 0.25) is 0 Å². The van der Waals surface area contributed by atoms with Crippen LogP contribution in [0.25, 0.3) is 10.2 Å². The first kappa shape index (κ1) is 18.7. The van der Waals surface area contributed by atoms with Crippen molar-refractivity contribution < 1.29 is 19.1 Å². The molecule has 1 aromatic carbocycles. The van der Waals surface area contributed by atoms with Crippen molar-refractivity contribution in [2.24, 2.45) is 0 Å². The van der Waals surface area contributed by atoms with Crippen LogP contribution in [0.5, 0.6) is 0 Å². The number of ketones is 1. The smallest absolute Gasteiger partial charge is 0.296 e. The molecule has 9 heteroatoms. The van der Waals surface area contributed by atoms with E-state index >= 15 is 0 Å². The fourth-order valence-corrected chi connectivity index (χ4v) is 5.44. The second-order valence-corrected chi connectivity index (χ2v) is 9.01. The number of hydrogen-bond acceptors (Lipinski definition) is 8. The van der Waals surface area contributed by atoms with Crippen molar-refractivity contribution in [3.8, 4) is 0 Å². The Morgan fingerprint density at radius 1 is 1.13 bits per heavy atom. The SMILES string of the molecule is Cc1nc(C)c(C(=O)C2=C(O)C(=O)N(c3nc4ccccc4s3)C2c2ccco2)s1. The zero-order chi connectivity index (χ0) is 21.0. The minimum atomic E-state index is -0.914. The number of carbonyl (C=O) groups is 2. The van der Waals surface area contributed by atoms with Crippen molar-refractivity contribution in [3.05, 3.63) is 75.3 Å². The number of aliphatic hydroxyl groups is 1. The lowest BCUT2D eigenvalue weighted by Crippen LogP contribution is -2.30. The first-order valence-electron chi connectivity index (χ1n) is 9.10. The molecule has 1 N–H and O–H groups in total. The third-order valence-electron chi connectivity index (χ3n) is 4.86. The summed E-state index contributed by atoms with van der Waals surface area (Å²) in [7, 11) is 0. The van der Waals surface area contributed by atoms with Gasteiger partial charge in [0, 0.05) is 0 Å². The summed E-state index contributed by atoms with van der Waals surface area (Å²) in [6, 6.07) is 9.94. The van der Waals surface area contributed by atoms with Crippen LogP contribution in [0.15, 0.2) is 58.4 Å². The summed E-state index contributed by atoms with van der Waals surface area (Å²) in [5.41, 5.74) is 1.27. The number of Topliss-reactive ketones (excluding diaryl/α,β-unsaturated/α-hetero) is 1. The lowest BCUT2D eigenvalue weighted by Gasteiger charge is -2.22. The summed E-state index contributed by atoms with van der Waals surface area (Å²) >= 11 is 2.55. The van der Waals surface area contributed by atoms with Crippen molar-refractivity contribution in [3.63, 3.8) is 0 Å². The van der Waals surface area contributed by atoms with Gasteiger partial charge in [0.1, 0.15) is 11.8 Å². The molecule has 1 unspecified atom stereocenters. The van der Waals surface area contributed by atoms with Gasteiger partial charge >= 0.3 is 0 Å². The predicted octanol–water partition coefficient (Wildman–Crippen LogP) is 4.75. The van der Waals surface area contributed by atoms with E-state index < -0.39 is 23.5 Å². The molecule has 4 aromatic rings. The minimum Gasteiger partial charge on any atom is -0.503 e. The van der Waals surface area contributed by atoms with Gasteiger partial charge in [-0.05, 0) is 38.1 Å². The van der Waals surface area contributed by atoms with E-state index in [1.54, 1.807) is 26.0 Å². The van der Waals surface area contributed by atoms with E-state index in [0.29, 0.717) is 21.5 Å². The van der Waals surface area contributed by atoms with Gasteiger partial charge in [0.05, 0.1) is 37.6 Å². The van der Waals surface area contributed by atoms with Crippen LogP contribution in [0.4, 0.5) is 5.13 Å². The maximum Gasteiger partial charge on any atom is 0.296 e. The molecule has 3 aromatic heterocycles. The number of para-hydroxylation sites is 1. The monoisotopic (exact) mass is 437 g/mol. The van der Waals surface area contributed by atoms with E-state index in [4.69, 9.17) is 4.42 Å². The largest absolute Gasteiger partial charge is 0.503 e. The van der Waals surface area contributed by atoms with E-state index in [1.165, 1.54) is 33.8 Å². The summed E-state index contributed by atoms with van der Waals surface area (Å²) in [6.07, 6.45) is 1.47. The number of carbonyl (C=O) groups excluding carboxylic acids is 2. The molecule has 7 nitrogen and oxygen atoms in total. The van der Waals surface area contributed by atoms with Gasteiger partial charge in [-0.1, -0.05) is 23.5 Å². The fourth-order valence-electron chi connectivity index (χ4n) is 3.58. The molecular weight excluding hydrogens is 422 g/mol. The molecule has 150 valence electrons. The van der Waals surface area contributed by atoms with Gasteiger partial charge in [-0.2, -0.15) is 0 Å². The van der Waals surface area contributed by atoms with E-state index in [0.717, 1.165) is 15.2 Å². The highest BCUT2D eigenvalue weighted by molar-refractivity contribution is 7.22. The molecule has 4 heterocycles. The third-order valence-corrected chi connectivity index (χ3v) is 6.97. The number of aryl methyl sites for hydroxylation is 2. The van der Waals surface area contributed by atoms with Crippen LogP contribution >= 0.6 is 22.7 Å². The summed E-state index contributed by atoms with van der Waals surface area (Å²) in [5.74, 6) is -1.34. The molecule has 0 saturated heterocycles. The minimum absolute atomic E-state index is 0.0269. The Morgan fingerprint density at radius 3 is 2.60 bits per heavy atom. The summed E-state index contributed by atoms with van der Waals surface area (Å²) < 4.78 is 6.46. The molecule has 0 radical (unpaired) electrons. The van der Waals surface area contributed by atoms with Crippen LogP contribution in [0.3, 0.4) is 0 Å². The number of amides is 1. The van der Waals surface area contributed by atoms with E-state index in [1.807, 2.05) is 24.3 Å². The maximum atomic E-state index is 13.4. The molecule has 0 fully saturated rings. The highest BCUT2D eigenvalue weighted by atomic mass is 32.1. The number of thiazole rings is 2. The van der Waals surface area contributed by atoms with Gasteiger partial charge in [-0.25, -0.2) is 9.97 Å². The average molecular weight is 438 g/mol. The average Bonchev–Trinajstić information content (AvgIpc) is 3.48. The van der Waals surface area contributed by atoms with Crippen molar-refractivity contribution in [2.45, 2.75) is 19.9 Å². The van der Waals surface area contributed by atoms with E-state index in [2.05, 4.69) is 9.97 Å². The van der Waals surface area contributed by atoms with Gasteiger partial charge in [0.2, 0.25) is 5.78 Å². The van der Waals surface area contributed by atoms with Gasteiger partial charge in [0.15, 0.2) is 10.9 Å². The Bertz CT molecular complexity index is 1300. The zero-order valence-corrected chi connectivity index (χ0v) is 17.6. The van der Waals surface area contributed by atoms with Crippen molar-refractivity contribution >= 4 is 49.7 Å². The Hall–Kier alpha value is -3.30. The molecule has 1 aliphatic heterocycles. The second-order valence-electron chi connectivity index (χ2n) is 6.80. The van der Waals surface area contributed by atoms with E-state index in [9.17, 15) is 14.7 Å². The standard InChI is InChI=1S/C21H15N3O4S2/c1-10-19(29-11(2)22-10)17(25)15-16(13-7-5-9-28-13)24(20(27)18(15)26)21-23-12-6-3-4-8-14(12)30-21/h3-9,16,26H,1-2H3. The molecule has 0 spiro atoms. The number of rotatable bonds is 4. The highest BCUT2D eigenvalue weighted by Gasteiger charge is 2.47. The highest BCUT2D eigenvalue weighted by Crippen LogP contribution is 2.44. The number of anilines is 1. The summed E-state index contributed by atoms with van der Waals surface area (Å²) in [5, 5.41) is 11.9. The van der Waals surface area contributed by atoms with Crippen molar-refractivity contribution in [1.82, 2.24) is 9.97 Å². The molecule has 1 aliphatic rings. The zero-order valence-electron chi connectivity index (χ0n) is 15.9. The number of aromatic nitrogens is 2. The maximum absolute atomic E-state index is 13.4. The van der Waals surface area contributed by atoms with Crippen LogP contribution in [-0.4, -0.2) is 26.8 Å². The molecule has 1 atom stereocenters. The first-order chi connectivity index (χ1) is 14.5. The molecule has 0 bridgehead atoms. The quantitative estimate of drug-likeness (QED) is 0.463. The van der Waals surface area contributed by atoms with E-state index in [-0.39, 0.29) is 5.57 Å². The number of nitrogens with zero attached hydrogens (tertiary/aromatic N) is 3. The Balaban J connectivity index is 1.67. The van der Waals surface area contributed by atoms with Gasteiger partial charge in [-0.15, -0.1) is 11.3 Å². The van der Waals surface area contributed by atoms with Crippen LogP contribution < -0.4 is 4.90 Å². The number of furan rings is 1. The lowest BCUT2D eigenvalue weighted by molar-refractivity contribution is -0.117. The molecular formula is C21H15N3O4S2. The number of aliphatic hydroxyl groups excluding tert-OH is 1. The molecule has 5 rings (SSSR count). The van der Waals surface area contributed by atoms with Gasteiger partial charge < -0.3 is 9.52 Å². The Kier molecular flexibility index (Phi) is 4.30. The van der Waals surface area contributed by atoms with Crippen LogP contribution in [0.1, 0.15) is 32.2 Å². The topological polar surface area (TPSA) is 96.5 Å². The van der Waals surface area contributed by atoms with Crippen molar-refractivity contribution in [1.29, 1.82) is 0 Å². The summed E-state index contributed by atoms with van der Waals surface area (Å²) in [4.78, 5) is 37.1. The Labute approximate surface area is 178 Å². The number of fused-ring (bicyclic) bond motifs is 1. The van der Waals surface area contributed by atoms with Crippen LogP contribution in [0, 0.1) is 13.8 Å². The van der Waals surface area contributed by atoms with Crippen LogP contribution in [-0.2, 0) is 4.79 Å². The predicted molar refractivity (Wildman–Crippen MR) is 114 cm³/mol. The lowest BCUT2D eigenvalue weighted by atomic mass is 10.00. The number of hydrogen-bond donors (Lipinski definition) is 1. The summed E-state index contributed by atoms with van der Waals surface area (Å²) in [6.45, 7) is 3.54.